The van der Waals surface area contributed by atoms with Crippen molar-refractivity contribution in [1.82, 2.24) is 0 Å². The Hall–Kier alpha value is 0.190. The van der Waals surface area contributed by atoms with E-state index >= 15 is 0 Å². The summed E-state index contributed by atoms with van der Waals surface area (Å²) in [5.74, 6) is 0. The highest BCUT2D eigenvalue weighted by molar-refractivity contribution is 7.39. The molecule has 0 aromatic carbocycles. The first kappa shape index (κ1) is 16.2. The van der Waals surface area contributed by atoms with Crippen LogP contribution < -0.4 is 0 Å². The van der Waals surface area contributed by atoms with Crippen molar-refractivity contribution in [2.75, 3.05) is 6.16 Å². The van der Waals surface area contributed by atoms with Crippen molar-refractivity contribution in [2.24, 2.45) is 0 Å². The van der Waals surface area contributed by atoms with Gasteiger partial charge in [0.25, 0.3) is 0 Å². The molecule has 16 heavy (non-hydrogen) atoms. The second-order valence-electron chi connectivity index (χ2n) is 4.61. The first-order chi connectivity index (χ1) is 7.70. The zero-order chi connectivity index (χ0) is 12.2. The summed E-state index contributed by atoms with van der Waals surface area (Å²) in [5.41, 5.74) is 0. The highest BCUT2D eigenvalue weighted by Crippen LogP contribution is 2.27. The van der Waals surface area contributed by atoms with E-state index in [0.717, 1.165) is 25.4 Å². The third-order valence-electron chi connectivity index (χ3n) is 2.78. The average molecular weight is 248 g/mol. The first-order valence-corrected chi connectivity index (χ1v) is 8.42. The van der Waals surface area contributed by atoms with Crippen LogP contribution >= 0.6 is 8.03 Å². The van der Waals surface area contributed by atoms with Gasteiger partial charge in [0.2, 0.25) is 0 Å². The Morgan fingerprint density at radius 2 is 1.62 bits per heavy atom. The van der Waals surface area contributed by atoms with Gasteiger partial charge in [-0.2, -0.15) is 0 Å². The highest BCUT2D eigenvalue weighted by atomic mass is 31.1. The smallest absolute Gasteiger partial charge is 0.191 e. The molecule has 0 amide bonds. The molecule has 0 rings (SSSR count). The largest absolute Gasteiger partial charge is 0.327 e. The van der Waals surface area contributed by atoms with Crippen molar-refractivity contribution < 1.29 is 9.09 Å². The molecule has 0 aromatic rings. The molecule has 0 aliphatic rings. The molecule has 0 radical (unpaired) electrons. The molecular formula is C13H29O2P. The molecule has 0 N–H and O–H groups in total. The zero-order valence-corrected chi connectivity index (χ0v) is 12.3. The Balaban J connectivity index is 3.35. The number of hydrogen-bond acceptors (Lipinski definition) is 2. The first-order valence-electron chi connectivity index (χ1n) is 6.90. The predicted molar refractivity (Wildman–Crippen MR) is 72.7 cm³/mol. The van der Waals surface area contributed by atoms with Gasteiger partial charge in [0, 0.05) is 6.16 Å². The van der Waals surface area contributed by atoms with Crippen LogP contribution in [-0.4, -0.2) is 12.3 Å². The van der Waals surface area contributed by atoms with Crippen LogP contribution in [0, 0.1) is 0 Å². The van der Waals surface area contributed by atoms with Crippen LogP contribution in [-0.2, 0) is 9.09 Å². The van der Waals surface area contributed by atoms with Crippen molar-refractivity contribution in [1.29, 1.82) is 0 Å². The van der Waals surface area contributed by atoms with Crippen LogP contribution in [0.2, 0.25) is 0 Å². The summed E-state index contributed by atoms with van der Waals surface area (Å²) in [6, 6.07) is 0. The average Bonchev–Trinajstić information content (AvgIpc) is 2.26. The fourth-order valence-corrected chi connectivity index (χ4v) is 3.03. The van der Waals surface area contributed by atoms with E-state index in [-0.39, 0.29) is 6.10 Å². The third kappa shape index (κ3) is 10.7. The Bertz CT molecular complexity index is 171. The fraction of sp³-hybridized carbons (Fsp3) is 1.00. The van der Waals surface area contributed by atoms with E-state index in [1.54, 1.807) is 0 Å². The molecule has 0 aromatic heterocycles. The predicted octanol–water partition coefficient (Wildman–Crippen LogP) is 5.03. The summed E-state index contributed by atoms with van der Waals surface area (Å²) in [6.07, 6.45) is 10.6. The molecule has 0 aliphatic heterocycles. The van der Waals surface area contributed by atoms with Crippen LogP contribution in [0.5, 0.6) is 0 Å². The molecule has 2 atom stereocenters. The minimum atomic E-state index is -1.75. The summed E-state index contributed by atoms with van der Waals surface area (Å²) < 4.78 is 17.0. The molecule has 0 saturated heterocycles. The van der Waals surface area contributed by atoms with Crippen LogP contribution in [0.3, 0.4) is 0 Å². The minimum Gasteiger partial charge on any atom is -0.327 e. The molecule has 2 nitrogen and oxygen atoms in total. The van der Waals surface area contributed by atoms with Crippen molar-refractivity contribution in [3.8, 4) is 0 Å². The van der Waals surface area contributed by atoms with Crippen LogP contribution in [0.25, 0.3) is 0 Å². The van der Waals surface area contributed by atoms with E-state index in [0.29, 0.717) is 0 Å². The molecule has 0 saturated carbocycles. The van der Waals surface area contributed by atoms with Gasteiger partial charge in [-0.15, -0.1) is 0 Å². The van der Waals surface area contributed by atoms with Gasteiger partial charge in [-0.25, -0.2) is 0 Å². The molecule has 0 spiro atoms. The summed E-state index contributed by atoms with van der Waals surface area (Å²) in [7, 11) is -1.75. The molecule has 0 bridgehead atoms. The lowest BCUT2D eigenvalue weighted by molar-refractivity contribution is 0.219. The maximum absolute atomic E-state index is 11.5. The normalized spacial score (nSPS) is 14.9. The maximum atomic E-state index is 11.5. The van der Waals surface area contributed by atoms with E-state index in [2.05, 4.69) is 13.8 Å². The summed E-state index contributed by atoms with van der Waals surface area (Å²) in [5, 5.41) is 0. The van der Waals surface area contributed by atoms with Crippen LogP contribution in [0.15, 0.2) is 0 Å². The van der Waals surface area contributed by atoms with Crippen molar-refractivity contribution in [2.45, 2.75) is 78.2 Å². The molecule has 2 unspecified atom stereocenters. The van der Waals surface area contributed by atoms with E-state index in [1.807, 2.05) is 6.92 Å². The Labute approximate surface area is 102 Å². The second-order valence-corrected chi connectivity index (χ2v) is 6.09. The van der Waals surface area contributed by atoms with Crippen LogP contribution in [0.4, 0.5) is 0 Å². The summed E-state index contributed by atoms with van der Waals surface area (Å²) in [6.45, 7) is 6.40. The SMILES string of the molecule is CCCCCCCC(C)O[PH](=O)CCCC. The molecule has 0 aliphatic carbocycles. The molecule has 98 valence electrons. The summed E-state index contributed by atoms with van der Waals surface area (Å²) >= 11 is 0. The molecular weight excluding hydrogens is 219 g/mol. The van der Waals surface area contributed by atoms with E-state index < -0.39 is 8.03 Å². The van der Waals surface area contributed by atoms with Gasteiger partial charge >= 0.3 is 0 Å². The quantitative estimate of drug-likeness (QED) is 0.379. The van der Waals surface area contributed by atoms with Gasteiger partial charge in [-0.3, -0.25) is 4.57 Å². The van der Waals surface area contributed by atoms with E-state index in [1.165, 1.54) is 32.1 Å². The topological polar surface area (TPSA) is 26.3 Å². The zero-order valence-electron chi connectivity index (χ0n) is 11.3. The standard InChI is InChI=1S/C13H29O2P/c1-4-6-8-9-10-11-13(3)15-16(14)12-7-5-2/h13,16H,4-12H2,1-3H3. The number of hydrogen-bond donors (Lipinski definition) is 0. The fourth-order valence-electron chi connectivity index (χ4n) is 1.70. The monoisotopic (exact) mass is 248 g/mol. The van der Waals surface area contributed by atoms with Crippen LogP contribution in [0.1, 0.15) is 72.1 Å². The van der Waals surface area contributed by atoms with E-state index in [4.69, 9.17) is 4.52 Å². The summed E-state index contributed by atoms with van der Waals surface area (Å²) in [4.78, 5) is 0. The lowest BCUT2D eigenvalue weighted by Crippen LogP contribution is -2.03. The third-order valence-corrected chi connectivity index (χ3v) is 4.21. The highest BCUT2D eigenvalue weighted by Gasteiger charge is 2.06. The van der Waals surface area contributed by atoms with Gasteiger partial charge in [-0.1, -0.05) is 52.4 Å². The van der Waals surface area contributed by atoms with Crippen molar-refractivity contribution in [3.63, 3.8) is 0 Å². The van der Waals surface area contributed by atoms with Gasteiger partial charge in [0.15, 0.2) is 8.03 Å². The molecule has 0 fully saturated rings. The Kier molecular flexibility index (Phi) is 11.8. The lowest BCUT2D eigenvalue weighted by Gasteiger charge is -2.12. The van der Waals surface area contributed by atoms with Gasteiger partial charge in [-0.05, 0) is 19.8 Å². The maximum Gasteiger partial charge on any atom is 0.191 e. The van der Waals surface area contributed by atoms with Gasteiger partial charge in [0.05, 0.1) is 6.10 Å². The van der Waals surface area contributed by atoms with E-state index in [9.17, 15) is 4.57 Å². The van der Waals surface area contributed by atoms with Crippen molar-refractivity contribution >= 4 is 8.03 Å². The Morgan fingerprint density at radius 3 is 2.25 bits per heavy atom. The van der Waals surface area contributed by atoms with Gasteiger partial charge < -0.3 is 4.52 Å². The second kappa shape index (κ2) is 11.7. The molecule has 3 heteroatoms. The molecule has 0 heterocycles. The number of rotatable bonds is 11. The van der Waals surface area contributed by atoms with Crippen molar-refractivity contribution in [3.05, 3.63) is 0 Å². The minimum absolute atomic E-state index is 0.185. The lowest BCUT2D eigenvalue weighted by atomic mass is 10.1. The number of unbranched alkanes of at least 4 members (excludes halogenated alkanes) is 5. The van der Waals surface area contributed by atoms with Gasteiger partial charge in [0.1, 0.15) is 0 Å². The Morgan fingerprint density at radius 1 is 1.00 bits per heavy atom.